The second-order valence-electron chi connectivity index (χ2n) is 3.54. The van der Waals surface area contributed by atoms with Crippen LogP contribution in [0.1, 0.15) is 5.56 Å². The van der Waals surface area contributed by atoms with Crippen molar-refractivity contribution in [3.63, 3.8) is 0 Å². The predicted molar refractivity (Wildman–Crippen MR) is 58.9 cm³/mol. The van der Waals surface area contributed by atoms with E-state index in [2.05, 4.69) is 43.1 Å². The lowest BCUT2D eigenvalue weighted by Gasteiger charge is -2.20. The Kier molecular flexibility index (Phi) is 4.63. The Morgan fingerprint density at radius 3 is 2.57 bits per heavy atom. The van der Waals surface area contributed by atoms with Crippen molar-refractivity contribution in [2.24, 2.45) is 0 Å². The van der Waals surface area contributed by atoms with Gasteiger partial charge in [-0.1, -0.05) is 30.3 Å². The molecule has 2 nitrogen and oxygen atoms in total. The van der Waals surface area contributed by atoms with Gasteiger partial charge in [-0.2, -0.15) is 0 Å². The minimum Gasteiger partial charge on any atom is -0.380 e. The first-order valence-corrected chi connectivity index (χ1v) is 4.80. The highest BCUT2D eigenvalue weighted by molar-refractivity contribution is 5.14. The van der Waals surface area contributed by atoms with Crippen molar-refractivity contribution in [1.82, 2.24) is 4.90 Å². The maximum Gasteiger partial charge on any atom is 0.0699 e. The Hall–Kier alpha value is -0.860. The molecule has 0 fully saturated rings. The Morgan fingerprint density at radius 2 is 2.00 bits per heavy atom. The van der Waals surface area contributed by atoms with Crippen LogP contribution >= 0.6 is 0 Å². The molecule has 0 bridgehead atoms. The zero-order chi connectivity index (χ0) is 10.4. The molecule has 1 unspecified atom stereocenters. The van der Waals surface area contributed by atoms with E-state index >= 15 is 0 Å². The van der Waals surface area contributed by atoms with Crippen molar-refractivity contribution in [3.8, 4) is 0 Å². The molecule has 1 atom stereocenters. The zero-order valence-electron chi connectivity index (χ0n) is 8.94. The van der Waals surface area contributed by atoms with Crippen LogP contribution in [0.4, 0.5) is 0 Å². The highest BCUT2D eigenvalue weighted by Gasteiger charge is 2.04. The van der Waals surface area contributed by atoms with Gasteiger partial charge in [0.15, 0.2) is 0 Å². The van der Waals surface area contributed by atoms with Crippen LogP contribution in [0.25, 0.3) is 0 Å². The van der Waals surface area contributed by atoms with Crippen LogP contribution < -0.4 is 0 Å². The molecular formula is C12H18NO. The van der Waals surface area contributed by atoms with E-state index in [1.165, 1.54) is 5.56 Å². The van der Waals surface area contributed by atoms with E-state index in [-0.39, 0.29) is 6.10 Å². The standard InChI is InChI=1S/C12H18NO/c1-11(14-3)9-13(2)10-12-7-5-4-6-8-12/h4-8,11H,1,9-10H2,2-3H3. The van der Waals surface area contributed by atoms with Crippen LogP contribution in [0, 0.1) is 6.92 Å². The molecule has 2 heteroatoms. The number of hydrogen-bond donors (Lipinski definition) is 0. The Morgan fingerprint density at radius 1 is 1.36 bits per heavy atom. The van der Waals surface area contributed by atoms with Gasteiger partial charge in [0.2, 0.25) is 0 Å². The van der Waals surface area contributed by atoms with E-state index in [0.29, 0.717) is 0 Å². The summed E-state index contributed by atoms with van der Waals surface area (Å²) in [6.45, 7) is 5.67. The van der Waals surface area contributed by atoms with Gasteiger partial charge >= 0.3 is 0 Å². The van der Waals surface area contributed by atoms with Crippen LogP contribution in [0.5, 0.6) is 0 Å². The molecule has 1 aromatic rings. The molecule has 1 aromatic carbocycles. The lowest BCUT2D eigenvalue weighted by atomic mass is 10.2. The van der Waals surface area contributed by atoms with Crippen LogP contribution in [-0.2, 0) is 11.3 Å². The van der Waals surface area contributed by atoms with E-state index in [1.807, 2.05) is 6.07 Å². The summed E-state index contributed by atoms with van der Waals surface area (Å²) in [6, 6.07) is 10.4. The molecule has 0 spiro atoms. The Balaban J connectivity index is 2.37. The van der Waals surface area contributed by atoms with Gasteiger partial charge in [0.1, 0.15) is 0 Å². The van der Waals surface area contributed by atoms with E-state index in [0.717, 1.165) is 13.1 Å². The second kappa shape index (κ2) is 5.78. The first kappa shape index (κ1) is 11.2. The molecule has 0 heterocycles. The van der Waals surface area contributed by atoms with Gasteiger partial charge < -0.3 is 4.74 Å². The van der Waals surface area contributed by atoms with Crippen LogP contribution in [0.15, 0.2) is 30.3 Å². The van der Waals surface area contributed by atoms with Gasteiger partial charge in [0, 0.05) is 20.2 Å². The van der Waals surface area contributed by atoms with E-state index in [4.69, 9.17) is 4.74 Å². The molecule has 0 saturated heterocycles. The lowest BCUT2D eigenvalue weighted by Crippen LogP contribution is -2.28. The SMILES string of the molecule is [CH2]C(CN(C)Cc1ccccc1)OC. The van der Waals surface area contributed by atoms with Crippen molar-refractivity contribution < 1.29 is 4.74 Å². The largest absolute Gasteiger partial charge is 0.380 e. The Labute approximate surface area is 86.5 Å². The topological polar surface area (TPSA) is 12.5 Å². The number of hydrogen-bond acceptors (Lipinski definition) is 2. The maximum atomic E-state index is 5.11. The first-order chi connectivity index (χ1) is 6.72. The Bertz CT molecular complexity index is 248. The summed E-state index contributed by atoms with van der Waals surface area (Å²) in [7, 11) is 3.76. The minimum atomic E-state index is 0.0451. The maximum absolute atomic E-state index is 5.11. The number of ether oxygens (including phenoxy) is 1. The average Bonchev–Trinajstić information content (AvgIpc) is 2.19. The highest BCUT2D eigenvalue weighted by Crippen LogP contribution is 2.03. The molecule has 0 aliphatic carbocycles. The molecule has 0 saturated carbocycles. The molecule has 1 radical (unpaired) electrons. The van der Waals surface area contributed by atoms with Crippen molar-refractivity contribution in [1.29, 1.82) is 0 Å². The third-order valence-electron chi connectivity index (χ3n) is 2.14. The van der Waals surface area contributed by atoms with Gasteiger partial charge in [0.25, 0.3) is 0 Å². The molecule has 0 amide bonds. The summed E-state index contributed by atoms with van der Waals surface area (Å²) in [5.41, 5.74) is 1.32. The predicted octanol–water partition coefficient (Wildman–Crippen LogP) is 1.97. The molecule has 0 aromatic heterocycles. The fourth-order valence-corrected chi connectivity index (χ4v) is 1.38. The van der Waals surface area contributed by atoms with Gasteiger partial charge in [-0.05, 0) is 19.5 Å². The van der Waals surface area contributed by atoms with Crippen molar-refractivity contribution in [3.05, 3.63) is 42.8 Å². The van der Waals surface area contributed by atoms with Crippen LogP contribution in [-0.4, -0.2) is 31.7 Å². The summed E-state index contributed by atoms with van der Waals surface area (Å²) in [6.07, 6.45) is 0.0451. The summed E-state index contributed by atoms with van der Waals surface area (Å²) in [5, 5.41) is 0. The summed E-state index contributed by atoms with van der Waals surface area (Å²) < 4.78 is 5.11. The molecular weight excluding hydrogens is 174 g/mol. The average molecular weight is 192 g/mol. The third-order valence-corrected chi connectivity index (χ3v) is 2.14. The molecule has 1 rings (SSSR count). The smallest absolute Gasteiger partial charge is 0.0699 e. The van der Waals surface area contributed by atoms with E-state index in [1.54, 1.807) is 7.11 Å². The summed E-state index contributed by atoms with van der Waals surface area (Å²) in [4.78, 5) is 2.20. The van der Waals surface area contributed by atoms with Gasteiger partial charge in [0.05, 0.1) is 6.10 Å². The van der Waals surface area contributed by atoms with Crippen molar-refractivity contribution >= 4 is 0 Å². The van der Waals surface area contributed by atoms with Gasteiger partial charge in [-0.15, -0.1) is 0 Å². The lowest BCUT2D eigenvalue weighted by molar-refractivity contribution is 0.102. The zero-order valence-corrected chi connectivity index (χ0v) is 8.94. The number of benzene rings is 1. The van der Waals surface area contributed by atoms with E-state index in [9.17, 15) is 0 Å². The van der Waals surface area contributed by atoms with Gasteiger partial charge in [-0.3, -0.25) is 4.90 Å². The molecule has 77 valence electrons. The van der Waals surface area contributed by atoms with Crippen molar-refractivity contribution in [2.75, 3.05) is 20.7 Å². The molecule has 14 heavy (non-hydrogen) atoms. The highest BCUT2D eigenvalue weighted by atomic mass is 16.5. The quantitative estimate of drug-likeness (QED) is 0.707. The van der Waals surface area contributed by atoms with Crippen LogP contribution in [0.2, 0.25) is 0 Å². The number of methoxy groups -OCH3 is 1. The van der Waals surface area contributed by atoms with Crippen molar-refractivity contribution in [2.45, 2.75) is 12.6 Å². The van der Waals surface area contributed by atoms with Gasteiger partial charge in [-0.25, -0.2) is 0 Å². The summed E-state index contributed by atoms with van der Waals surface area (Å²) in [5.74, 6) is 0. The molecule has 0 N–H and O–H groups in total. The minimum absolute atomic E-state index is 0.0451. The third kappa shape index (κ3) is 3.90. The number of nitrogens with zero attached hydrogens (tertiary/aromatic N) is 1. The normalized spacial score (nSPS) is 13.1. The monoisotopic (exact) mass is 192 g/mol. The fraction of sp³-hybridized carbons (Fsp3) is 0.417. The number of rotatable bonds is 5. The molecule has 0 aliphatic rings. The summed E-state index contributed by atoms with van der Waals surface area (Å²) >= 11 is 0. The van der Waals surface area contributed by atoms with E-state index < -0.39 is 0 Å². The number of likely N-dealkylation sites (N-methyl/N-ethyl adjacent to an activating group) is 1. The first-order valence-electron chi connectivity index (χ1n) is 4.80. The molecule has 0 aliphatic heterocycles. The second-order valence-corrected chi connectivity index (χ2v) is 3.54. The fourth-order valence-electron chi connectivity index (χ4n) is 1.38. The van der Waals surface area contributed by atoms with Crippen LogP contribution in [0.3, 0.4) is 0 Å².